The second kappa shape index (κ2) is 12.4. The molecule has 6 heteroatoms. The monoisotopic (exact) mass is 753 g/mol. The summed E-state index contributed by atoms with van der Waals surface area (Å²) in [5, 5.41) is 0. The molecule has 4 aromatic carbocycles. The SMILES string of the molecule is Cc1cc(-c2ccccn2)cc2c1B(c1cccc3c1Cc1c-3c3ncccc3n1-c1ccccc1)c1ccnc3c1C(C2)C1=C3c2ncccc2C1c1ccccc1. The number of nitrogens with zero attached hydrogens (tertiary/aromatic N) is 5. The van der Waals surface area contributed by atoms with Crippen molar-refractivity contribution in [2.45, 2.75) is 31.6 Å². The first-order chi connectivity index (χ1) is 29.2. The van der Waals surface area contributed by atoms with Crippen molar-refractivity contribution in [1.82, 2.24) is 24.5 Å². The molecular formula is C53H36BN5. The molecular weight excluding hydrogens is 717 g/mol. The van der Waals surface area contributed by atoms with Crippen LogP contribution in [0.15, 0.2) is 170 Å². The molecule has 0 N–H and O–H groups in total. The van der Waals surface area contributed by atoms with Crippen LogP contribution in [0.5, 0.6) is 0 Å². The molecule has 0 fully saturated rings. The van der Waals surface area contributed by atoms with Crippen molar-refractivity contribution in [3.63, 3.8) is 0 Å². The average Bonchev–Trinajstić information content (AvgIpc) is 3.99. The van der Waals surface area contributed by atoms with Crippen molar-refractivity contribution in [2.24, 2.45) is 0 Å². The van der Waals surface area contributed by atoms with Gasteiger partial charge in [-0.05, 0) is 95.3 Å². The third kappa shape index (κ3) is 4.57. The van der Waals surface area contributed by atoms with Crippen LogP contribution < -0.4 is 16.4 Å². The van der Waals surface area contributed by atoms with Crippen LogP contribution in [0.1, 0.15) is 62.3 Å². The second-order valence-electron chi connectivity index (χ2n) is 16.5. The molecule has 276 valence electrons. The third-order valence-electron chi connectivity index (χ3n) is 13.5. The molecule has 5 nitrogen and oxygen atoms in total. The molecule has 6 heterocycles. The number of hydrogen-bond acceptors (Lipinski definition) is 4. The zero-order valence-corrected chi connectivity index (χ0v) is 32.5. The fraction of sp³-hybridized carbons (Fsp3) is 0.0943. The maximum atomic E-state index is 5.30. The minimum atomic E-state index is -0.00806. The molecule has 1 aliphatic heterocycles. The summed E-state index contributed by atoms with van der Waals surface area (Å²) in [6.45, 7) is 2.31. The Morgan fingerprint density at radius 2 is 1.46 bits per heavy atom. The van der Waals surface area contributed by atoms with Gasteiger partial charge in [0, 0.05) is 71.1 Å². The van der Waals surface area contributed by atoms with E-state index in [9.17, 15) is 0 Å². The highest BCUT2D eigenvalue weighted by molar-refractivity contribution is 6.97. The van der Waals surface area contributed by atoms with Crippen LogP contribution in [0, 0.1) is 6.92 Å². The summed E-state index contributed by atoms with van der Waals surface area (Å²) in [6.07, 6.45) is 9.55. The number of rotatable bonds is 4. The van der Waals surface area contributed by atoms with Gasteiger partial charge in [-0.1, -0.05) is 119 Å². The average molecular weight is 754 g/mol. The van der Waals surface area contributed by atoms with Gasteiger partial charge in [-0.25, -0.2) is 0 Å². The first-order valence-corrected chi connectivity index (χ1v) is 20.7. The van der Waals surface area contributed by atoms with Gasteiger partial charge in [0.25, 0.3) is 0 Å². The van der Waals surface area contributed by atoms with Crippen LogP contribution in [0.4, 0.5) is 0 Å². The Morgan fingerprint density at radius 1 is 0.661 bits per heavy atom. The summed E-state index contributed by atoms with van der Waals surface area (Å²) in [6, 6.07) is 50.8. The van der Waals surface area contributed by atoms with Gasteiger partial charge in [0.2, 0.25) is 6.71 Å². The standard InChI is InChI=1S/C53H36BN5/c1-31-27-33(42-20-8-9-23-55-42)28-34-29-39-46-41(22-26-58-53(46)49-48(39)45(32-13-4-2-5-14-32)37-18-11-24-56-51(37)49)54(50(31)34)40-19-10-17-36-38(40)30-44-47(36)52-43(21-12-25-57-52)59(44)35-15-6-3-7-16-35/h2-28,39,45H,29-30H2,1H3. The Bertz CT molecular complexity index is 3240. The summed E-state index contributed by atoms with van der Waals surface area (Å²) in [4.78, 5) is 20.3. The molecule has 0 saturated carbocycles. The molecule has 4 aliphatic rings. The van der Waals surface area contributed by atoms with E-state index in [1.54, 1.807) is 0 Å². The topological polar surface area (TPSA) is 56.5 Å². The van der Waals surface area contributed by atoms with Crippen LogP contribution in [0.2, 0.25) is 0 Å². The number of aryl methyl sites for hydroxylation is 1. The molecule has 3 aliphatic carbocycles. The molecule has 0 amide bonds. The van der Waals surface area contributed by atoms with Gasteiger partial charge in [0.15, 0.2) is 0 Å². The quantitative estimate of drug-likeness (QED) is 0.169. The van der Waals surface area contributed by atoms with Crippen molar-refractivity contribution >= 4 is 39.7 Å². The largest absolute Gasteiger partial charge is 0.311 e. The second-order valence-corrected chi connectivity index (χ2v) is 16.5. The zero-order chi connectivity index (χ0) is 38.8. The van der Waals surface area contributed by atoms with Gasteiger partial charge in [-0.3, -0.25) is 19.9 Å². The first kappa shape index (κ1) is 32.9. The van der Waals surface area contributed by atoms with E-state index in [0.717, 1.165) is 52.2 Å². The Kier molecular flexibility index (Phi) is 6.91. The smallest absolute Gasteiger partial charge is 0.242 e. The fourth-order valence-electron chi connectivity index (χ4n) is 11.4. The molecule has 0 spiro atoms. The van der Waals surface area contributed by atoms with Crippen molar-refractivity contribution in [3.05, 3.63) is 220 Å². The van der Waals surface area contributed by atoms with Crippen molar-refractivity contribution in [1.29, 1.82) is 0 Å². The van der Waals surface area contributed by atoms with Gasteiger partial charge < -0.3 is 4.57 Å². The van der Waals surface area contributed by atoms with Crippen LogP contribution >= 0.6 is 0 Å². The van der Waals surface area contributed by atoms with E-state index >= 15 is 0 Å². The predicted octanol–water partition coefficient (Wildman–Crippen LogP) is 8.87. The van der Waals surface area contributed by atoms with Gasteiger partial charge in [0.05, 0.1) is 28.1 Å². The normalized spacial score (nSPS) is 16.7. The molecule has 0 bridgehead atoms. The Hall–Kier alpha value is -7.18. The lowest BCUT2D eigenvalue weighted by Gasteiger charge is -2.25. The Balaban J connectivity index is 1.08. The summed E-state index contributed by atoms with van der Waals surface area (Å²) in [7, 11) is 0. The third-order valence-corrected chi connectivity index (χ3v) is 13.5. The van der Waals surface area contributed by atoms with Gasteiger partial charge >= 0.3 is 0 Å². The molecule has 9 aromatic rings. The van der Waals surface area contributed by atoms with Crippen LogP contribution in [0.25, 0.3) is 44.7 Å². The number of benzene rings is 4. The van der Waals surface area contributed by atoms with E-state index in [0.29, 0.717) is 0 Å². The highest BCUT2D eigenvalue weighted by Crippen LogP contribution is 2.58. The Morgan fingerprint density at radius 3 is 2.32 bits per heavy atom. The number of allylic oxidation sites excluding steroid dienone is 1. The lowest BCUT2D eigenvalue weighted by atomic mass is 9.34. The van der Waals surface area contributed by atoms with E-state index < -0.39 is 0 Å². The molecule has 13 rings (SSSR count). The minimum absolute atomic E-state index is 0.00806. The van der Waals surface area contributed by atoms with Crippen LogP contribution in [0.3, 0.4) is 0 Å². The maximum absolute atomic E-state index is 5.30. The number of pyridine rings is 4. The summed E-state index contributed by atoms with van der Waals surface area (Å²) in [5.74, 6) is 0.237. The van der Waals surface area contributed by atoms with Crippen LogP contribution in [-0.4, -0.2) is 31.2 Å². The van der Waals surface area contributed by atoms with Crippen molar-refractivity contribution in [2.75, 3.05) is 0 Å². The van der Waals surface area contributed by atoms with Crippen LogP contribution in [-0.2, 0) is 12.8 Å². The molecule has 0 radical (unpaired) electrons. The van der Waals surface area contributed by atoms with Gasteiger partial charge in [0.1, 0.15) is 0 Å². The van der Waals surface area contributed by atoms with Gasteiger partial charge in [-0.15, -0.1) is 0 Å². The summed E-state index contributed by atoms with van der Waals surface area (Å²) < 4.78 is 2.44. The maximum Gasteiger partial charge on any atom is 0.242 e. The number of hydrogen-bond donors (Lipinski definition) is 0. The minimum Gasteiger partial charge on any atom is -0.311 e. The predicted molar refractivity (Wildman–Crippen MR) is 238 cm³/mol. The zero-order valence-electron chi connectivity index (χ0n) is 32.5. The van der Waals surface area contributed by atoms with Crippen molar-refractivity contribution in [3.8, 4) is 28.1 Å². The van der Waals surface area contributed by atoms with E-state index in [-0.39, 0.29) is 18.5 Å². The summed E-state index contributed by atoms with van der Waals surface area (Å²) >= 11 is 0. The fourth-order valence-corrected chi connectivity index (χ4v) is 11.4. The van der Waals surface area contributed by atoms with E-state index in [2.05, 4.69) is 151 Å². The molecule has 0 saturated heterocycles. The van der Waals surface area contributed by atoms with E-state index in [1.807, 2.05) is 24.7 Å². The summed E-state index contributed by atoms with van der Waals surface area (Å²) in [5.41, 5.74) is 26.3. The molecule has 2 atom stereocenters. The number of fused-ring (bicyclic) bond motifs is 10. The van der Waals surface area contributed by atoms with E-state index in [1.165, 1.54) is 77.7 Å². The molecule has 59 heavy (non-hydrogen) atoms. The highest BCUT2D eigenvalue weighted by atomic mass is 15.0. The van der Waals surface area contributed by atoms with E-state index in [4.69, 9.17) is 19.9 Å². The number of aromatic nitrogens is 5. The lowest BCUT2D eigenvalue weighted by Crippen LogP contribution is -2.55. The number of para-hydroxylation sites is 1. The molecule has 2 unspecified atom stereocenters. The Labute approximate surface area is 342 Å². The van der Waals surface area contributed by atoms with Gasteiger partial charge in [-0.2, -0.15) is 0 Å². The highest BCUT2D eigenvalue weighted by Gasteiger charge is 2.49. The first-order valence-electron chi connectivity index (χ1n) is 20.7. The van der Waals surface area contributed by atoms with Crippen molar-refractivity contribution < 1.29 is 0 Å². The molecule has 5 aromatic heterocycles. The lowest BCUT2D eigenvalue weighted by molar-refractivity contribution is 0.750.